The van der Waals surface area contributed by atoms with Crippen LogP contribution in [0.4, 0.5) is 5.69 Å². The first-order chi connectivity index (χ1) is 55.4. The van der Waals surface area contributed by atoms with Crippen molar-refractivity contribution in [3.05, 3.63) is 375 Å². The van der Waals surface area contributed by atoms with Crippen molar-refractivity contribution in [3.63, 3.8) is 0 Å². The molecule has 0 aliphatic heterocycles. The maximum atomic E-state index is 7.64. The molecule has 0 unspecified atom stereocenters. The second kappa shape index (κ2) is 30.1. The summed E-state index contributed by atoms with van der Waals surface area (Å²) in [7, 11) is 0. The van der Waals surface area contributed by atoms with E-state index < -0.39 is 0 Å². The predicted molar refractivity (Wildman–Crippen MR) is 457 cm³/mol. The molecule has 0 N–H and O–H groups in total. The van der Waals surface area contributed by atoms with Crippen molar-refractivity contribution >= 4 is 68.7 Å². The van der Waals surface area contributed by atoms with E-state index in [1.807, 2.05) is 224 Å². The lowest BCUT2D eigenvalue weighted by molar-refractivity contribution is 1.08. The van der Waals surface area contributed by atoms with Crippen molar-refractivity contribution in [2.45, 2.75) is 0 Å². The summed E-state index contributed by atoms with van der Waals surface area (Å²) in [4.78, 5) is 59.5. The van der Waals surface area contributed by atoms with Gasteiger partial charge in [-0.25, -0.2) is 59.7 Å². The average Bonchev–Trinajstić information content (AvgIpc) is 1.58. The summed E-state index contributed by atoms with van der Waals surface area (Å²) in [6, 6.07) is 123. The molecule has 0 amide bonds. The summed E-state index contributed by atoms with van der Waals surface area (Å²) < 4.78 is 4.46. The lowest BCUT2D eigenvalue weighted by atomic mass is 10.0. The van der Waals surface area contributed by atoms with Crippen LogP contribution in [0.3, 0.4) is 0 Å². The summed E-state index contributed by atoms with van der Waals surface area (Å²) in [6.45, 7) is 7.64. The maximum absolute atomic E-state index is 7.64. The van der Waals surface area contributed by atoms with Crippen LogP contribution in [0.1, 0.15) is 0 Å². The van der Waals surface area contributed by atoms with Gasteiger partial charge in [0.1, 0.15) is 0 Å². The Morgan fingerprint density at radius 2 is 0.473 bits per heavy atom. The van der Waals surface area contributed by atoms with E-state index in [-0.39, 0.29) is 0 Å². The van der Waals surface area contributed by atoms with E-state index >= 15 is 0 Å². The highest BCUT2D eigenvalue weighted by molar-refractivity contribution is 7.27. The number of benzene rings is 14. The normalized spacial score (nSPS) is 11.2. The summed E-state index contributed by atoms with van der Waals surface area (Å²) in [5, 5.41) is 4.38. The van der Waals surface area contributed by atoms with E-state index in [1.165, 1.54) is 5.56 Å². The molecule has 20 rings (SSSR count). The molecule has 0 atom stereocenters. The molecule has 20 aromatic rings. The van der Waals surface area contributed by atoms with Gasteiger partial charge in [-0.05, 0) is 46.5 Å². The van der Waals surface area contributed by atoms with E-state index in [2.05, 4.69) is 144 Å². The van der Waals surface area contributed by atoms with Gasteiger partial charge in [-0.2, -0.15) is 0 Å². The summed E-state index contributed by atoms with van der Waals surface area (Å²) >= 11 is 3.47. The number of para-hydroxylation sites is 1. The lowest BCUT2D eigenvalue weighted by Crippen LogP contribution is -2.00. The molecule has 14 aromatic carbocycles. The molecular weight excluding hydrogens is 1410 g/mol. The van der Waals surface area contributed by atoms with Gasteiger partial charge < -0.3 is 0 Å². The fourth-order valence-electron chi connectivity index (χ4n) is 14.2. The minimum absolute atomic E-state index is 0.565. The second-order valence-electron chi connectivity index (χ2n) is 26.7. The van der Waals surface area contributed by atoms with Gasteiger partial charge >= 0.3 is 0 Å². The van der Waals surface area contributed by atoms with Crippen LogP contribution in [0, 0.1) is 6.57 Å². The van der Waals surface area contributed by atoms with E-state index in [0.29, 0.717) is 63.9 Å². The first-order valence-electron chi connectivity index (χ1n) is 36.6. The molecule has 0 aliphatic rings. The Balaban J connectivity index is 0.000000151. The zero-order valence-electron chi connectivity index (χ0n) is 59.8. The first-order valence-corrected chi connectivity index (χ1v) is 38.2. The van der Waals surface area contributed by atoms with Gasteiger partial charge in [0.05, 0.1) is 18.0 Å². The summed E-state index contributed by atoms with van der Waals surface area (Å²) in [5.74, 6) is 6.18. The van der Waals surface area contributed by atoms with E-state index in [0.717, 1.165) is 135 Å². The van der Waals surface area contributed by atoms with Crippen LogP contribution in [0.5, 0.6) is 0 Å². The number of nitrogens with zero attached hydrogens (tertiary/aromatic N) is 12. The zero-order chi connectivity index (χ0) is 74.7. The molecule has 6 aromatic heterocycles. The fourth-order valence-corrected chi connectivity index (χ4v) is 16.7. The van der Waals surface area contributed by atoms with Crippen LogP contribution in [-0.4, -0.2) is 54.8 Å². The summed E-state index contributed by atoms with van der Waals surface area (Å²) in [5.41, 5.74) is 17.9. The minimum atomic E-state index is 0.565. The molecule has 0 bridgehead atoms. The predicted octanol–water partition coefficient (Wildman–Crippen LogP) is 25.3. The molecule has 0 saturated carbocycles. The second-order valence-corrected chi connectivity index (χ2v) is 28.8. The molecule has 0 spiro atoms. The topological polar surface area (TPSA) is 146 Å². The van der Waals surface area contributed by atoms with Gasteiger partial charge in [0, 0.05) is 107 Å². The first kappa shape index (κ1) is 67.7. The number of fused-ring (bicyclic) bond motifs is 6. The van der Waals surface area contributed by atoms with Crippen molar-refractivity contribution in [2.75, 3.05) is 0 Å². The van der Waals surface area contributed by atoms with E-state index in [1.54, 1.807) is 22.7 Å². The average molecular weight is 1470 g/mol. The quantitative estimate of drug-likeness (QED) is 0.0959. The van der Waals surface area contributed by atoms with Crippen molar-refractivity contribution < 1.29 is 0 Å². The molecule has 0 fully saturated rings. The molecule has 12 nitrogen and oxygen atoms in total. The van der Waals surface area contributed by atoms with E-state index in [9.17, 15) is 0 Å². The van der Waals surface area contributed by atoms with Gasteiger partial charge in [0.15, 0.2) is 63.9 Å². The molecule has 524 valence electrons. The van der Waals surface area contributed by atoms with Gasteiger partial charge in [0.2, 0.25) is 0 Å². The molecule has 6 heterocycles. The van der Waals surface area contributed by atoms with Gasteiger partial charge in [0.25, 0.3) is 0 Å². The third-order valence-corrected chi connectivity index (χ3v) is 22.0. The SMILES string of the molecule is [C-]#[N+]c1ccccc1-c1ccc(-c2nc(-c3ccccc3)nc(-c3cccc4c3sc3cccc(-c5nc(-c6ccccc6)nc(-c6ccccc6)n5)c34)n2)cc1.c1ccc(-c2ccc(-c3cc(-c4cccc5c4sc4cccc(-c6nc(-c7ccccc7)nc(-c7ccccc7)n6)c45)nc(-c4ccccc4)n3)cc2)cc1. The van der Waals surface area contributed by atoms with Crippen LogP contribution < -0.4 is 0 Å². The number of rotatable bonds is 14. The number of aromatic nitrogens is 11. The van der Waals surface area contributed by atoms with Crippen molar-refractivity contribution in [2.24, 2.45) is 0 Å². The van der Waals surface area contributed by atoms with Crippen molar-refractivity contribution in [3.8, 4) is 159 Å². The Bertz CT molecular complexity index is 6790. The van der Waals surface area contributed by atoms with Crippen LogP contribution >= 0.6 is 22.7 Å². The Morgan fingerprint density at radius 3 is 0.893 bits per heavy atom. The molecular formula is C98H60N12S2. The third kappa shape index (κ3) is 13.5. The molecule has 0 aliphatic carbocycles. The Hall–Kier alpha value is -14.9. The third-order valence-electron chi connectivity index (χ3n) is 19.6. The largest absolute Gasteiger partial charge is 0.238 e. The number of thiophene rings is 2. The van der Waals surface area contributed by atoms with Gasteiger partial charge in [-0.1, -0.05) is 340 Å². The van der Waals surface area contributed by atoms with Gasteiger partial charge in [-0.15, -0.1) is 22.7 Å². The van der Waals surface area contributed by atoms with Crippen molar-refractivity contribution in [1.29, 1.82) is 0 Å². The number of hydrogen-bond acceptors (Lipinski definition) is 13. The highest BCUT2D eigenvalue weighted by Gasteiger charge is 2.24. The smallest absolute Gasteiger partial charge is 0.194 e. The Labute approximate surface area is 653 Å². The molecule has 0 saturated heterocycles. The monoisotopic (exact) mass is 1470 g/mol. The standard InChI is InChI=1S/C49H29N7S.C49H31N5S/c1-50-40-25-12-11-21-36(40)31-27-29-35(30-28-31)47-52-46(34-19-9-4-10-20-34)55-49(56-47)39-24-13-22-37-42-38(23-14-26-41(42)57-43(37)39)48-53-44(32-15-5-2-6-16-32)51-45(54-48)33-17-7-3-8-18-33;1-5-15-32(16-6-1)33-27-29-34(30-28-33)41-31-42(51-46(50-41)35-17-7-2-8-18-35)38-23-13-24-39-44-40(25-14-26-43(44)55-45(38)39)49-53-47(36-19-9-3-10-20-36)52-48(54-49)37-21-11-4-12-22-37/h2-30H;1-31H. The van der Waals surface area contributed by atoms with E-state index in [4.69, 9.17) is 61.4 Å². The number of hydrogen-bond donors (Lipinski definition) is 0. The highest BCUT2D eigenvalue weighted by atomic mass is 32.1. The Morgan fingerprint density at radius 1 is 0.196 bits per heavy atom. The van der Waals surface area contributed by atoms with Crippen LogP contribution in [-0.2, 0) is 0 Å². The fraction of sp³-hybridized carbons (Fsp3) is 0. The molecule has 14 heteroatoms. The molecule has 112 heavy (non-hydrogen) atoms. The molecule has 0 radical (unpaired) electrons. The zero-order valence-corrected chi connectivity index (χ0v) is 61.5. The highest BCUT2D eigenvalue weighted by Crippen LogP contribution is 2.47. The lowest BCUT2D eigenvalue weighted by Gasteiger charge is -2.11. The Kier molecular flexibility index (Phi) is 18.2. The van der Waals surface area contributed by atoms with Gasteiger partial charge in [-0.3, -0.25) is 0 Å². The maximum Gasteiger partial charge on any atom is 0.194 e. The summed E-state index contributed by atoms with van der Waals surface area (Å²) in [6.07, 6.45) is 0. The van der Waals surface area contributed by atoms with Crippen molar-refractivity contribution in [1.82, 2.24) is 54.8 Å². The van der Waals surface area contributed by atoms with Crippen LogP contribution in [0.25, 0.3) is 204 Å². The van der Waals surface area contributed by atoms with Crippen LogP contribution in [0.15, 0.2) is 364 Å². The van der Waals surface area contributed by atoms with Crippen LogP contribution in [0.2, 0.25) is 0 Å². The minimum Gasteiger partial charge on any atom is -0.238 e.